The molecule has 1 aliphatic rings. The highest BCUT2D eigenvalue weighted by Crippen LogP contribution is 2.65. The van der Waals surface area contributed by atoms with E-state index >= 15 is 0 Å². The summed E-state index contributed by atoms with van der Waals surface area (Å²) in [7, 11) is 0. The van der Waals surface area contributed by atoms with Crippen LogP contribution >= 0.6 is 23.2 Å². The van der Waals surface area contributed by atoms with E-state index in [1.54, 1.807) is 13.8 Å². The van der Waals surface area contributed by atoms with Crippen LogP contribution in [0.5, 0.6) is 0 Å². The summed E-state index contributed by atoms with van der Waals surface area (Å²) in [4.78, 5) is 0. The molecule has 1 atom stereocenters. The first kappa shape index (κ1) is 11.2. The summed E-state index contributed by atoms with van der Waals surface area (Å²) in [5, 5.41) is 9.33. The molecular weight excluding hydrogens is 207 g/mol. The summed E-state index contributed by atoms with van der Waals surface area (Å²) in [5.41, 5.74) is -1.01. The molecule has 1 N–H and O–H groups in total. The minimum Gasteiger partial charge on any atom is -0.378 e. The number of rotatable bonds is 1. The molecule has 0 aromatic rings. The predicted octanol–water partition coefficient (Wildman–Crippen LogP) is 2.73. The Labute approximate surface area is 89.4 Å². The maximum absolute atomic E-state index is 9.33. The maximum Gasteiger partial charge on any atom is 0.125 e. The molecule has 0 aliphatic heterocycles. The fourth-order valence-corrected chi connectivity index (χ4v) is 1.82. The van der Waals surface area contributed by atoms with Gasteiger partial charge in [-0.2, -0.15) is 0 Å². The van der Waals surface area contributed by atoms with E-state index in [9.17, 15) is 5.11 Å². The lowest BCUT2D eigenvalue weighted by atomic mass is 10.0. The Bertz CT molecular complexity index is 267. The maximum atomic E-state index is 9.33. The number of halogens is 2. The molecule has 0 radical (unpaired) electrons. The number of hydrogen-bond acceptors (Lipinski definition) is 1. The molecule has 1 nitrogen and oxygen atoms in total. The Hall–Kier alpha value is 0.100. The number of hydrogen-bond donors (Lipinski definition) is 1. The van der Waals surface area contributed by atoms with Crippen LogP contribution in [-0.2, 0) is 0 Å². The van der Waals surface area contributed by atoms with Crippen molar-refractivity contribution in [1.29, 1.82) is 0 Å². The zero-order valence-corrected chi connectivity index (χ0v) is 9.63. The molecule has 1 aliphatic carbocycles. The average molecular weight is 221 g/mol. The molecule has 74 valence electrons. The fourth-order valence-electron chi connectivity index (χ4n) is 1.09. The molecular formula is C10H14Cl2O. The summed E-state index contributed by atoms with van der Waals surface area (Å²) in [6.45, 7) is 5.32. The van der Waals surface area contributed by atoms with E-state index in [1.165, 1.54) is 0 Å². The standard InChI is InChI=1S/C10H14Cl2O/c1-8(2,13)5-4-6-9(3)7-10(9,11)12/h13H,6-7H2,1-3H3/t9-/m1/s1. The van der Waals surface area contributed by atoms with Gasteiger partial charge in [0.1, 0.15) is 9.93 Å². The van der Waals surface area contributed by atoms with Crippen molar-refractivity contribution in [2.45, 2.75) is 43.5 Å². The van der Waals surface area contributed by atoms with Crippen molar-refractivity contribution >= 4 is 23.2 Å². The van der Waals surface area contributed by atoms with Crippen LogP contribution in [0.25, 0.3) is 0 Å². The summed E-state index contributed by atoms with van der Waals surface area (Å²) >= 11 is 11.9. The van der Waals surface area contributed by atoms with Crippen molar-refractivity contribution < 1.29 is 5.11 Å². The molecule has 0 amide bonds. The first-order valence-corrected chi connectivity index (χ1v) is 5.02. The zero-order valence-electron chi connectivity index (χ0n) is 8.12. The van der Waals surface area contributed by atoms with Gasteiger partial charge in [0, 0.05) is 11.8 Å². The normalized spacial score (nSPS) is 30.6. The van der Waals surface area contributed by atoms with Gasteiger partial charge in [-0.1, -0.05) is 18.8 Å². The van der Waals surface area contributed by atoms with Crippen LogP contribution in [0.2, 0.25) is 0 Å². The third kappa shape index (κ3) is 2.77. The van der Waals surface area contributed by atoms with Gasteiger partial charge in [-0.3, -0.25) is 0 Å². The highest BCUT2D eigenvalue weighted by atomic mass is 35.5. The van der Waals surface area contributed by atoms with Gasteiger partial charge >= 0.3 is 0 Å². The SMILES string of the molecule is CC(C)(O)C#CC[C@]1(C)CC1(Cl)Cl. The first-order valence-electron chi connectivity index (χ1n) is 4.27. The Kier molecular flexibility index (Phi) is 2.62. The van der Waals surface area contributed by atoms with Crippen LogP contribution in [-0.4, -0.2) is 15.0 Å². The van der Waals surface area contributed by atoms with Crippen LogP contribution in [0, 0.1) is 17.3 Å². The largest absolute Gasteiger partial charge is 0.378 e. The first-order chi connectivity index (χ1) is 5.66. The monoisotopic (exact) mass is 220 g/mol. The predicted molar refractivity (Wildman–Crippen MR) is 55.9 cm³/mol. The molecule has 0 spiro atoms. The van der Waals surface area contributed by atoms with Crippen molar-refractivity contribution in [3.63, 3.8) is 0 Å². The van der Waals surface area contributed by atoms with Crippen LogP contribution in [0.3, 0.4) is 0 Å². The minimum atomic E-state index is -0.924. The van der Waals surface area contributed by atoms with Crippen molar-refractivity contribution in [2.75, 3.05) is 0 Å². The fraction of sp³-hybridized carbons (Fsp3) is 0.800. The lowest BCUT2D eigenvalue weighted by Crippen LogP contribution is -2.15. The molecule has 0 unspecified atom stereocenters. The summed E-state index contributed by atoms with van der Waals surface area (Å²) in [6.07, 6.45) is 1.42. The third-order valence-corrected chi connectivity index (χ3v) is 3.42. The molecule has 0 bridgehead atoms. The Morgan fingerprint density at radius 3 is 2.23 bits per heavy atom. The summed E-state index contributed by atoms with van der Waals surface area (Å²) < 4.78 is -0.610. The number of aliphatic hydroxyl groups is 1. The Balaban J connectivity index is 2.49. The van der Waals surface area contributed by atoms with Gasteiger partial charge in [-0.05, 0) is 20.3 Å². The Morgan fingerprint density at radius 2 is 1.92 bits per heavy atom. The van der Waals surface area contributed by atoms with E-state index in [0.717, 1.165) is 6.42 Å². The van der Waals surface area contributed by atoms with Crippen LogP contribution in [0.4, 0.5) is 0 Å². The van der Waals surface area contributed by atoms with Gasteiger partial charge in [0.25, 0.3) is 0 Å². The van der Waals surface area contributed by atoms with Crippen LogP contribution in [0.1, 0.15) is 33.6 Å². The van der Waals surface area contributed by atoms with Gasteiger partial charge in [0.05, 0.1) is 0 Å². The lowest BCUT2D eigenvalue weighted by Gasteiger charge is -2.08. The van der Waals surface area contributed by atoms with Gasteiger partial charge in [0.15, 0.2) is 0 Å². The highest BCUT2D eigenvalue weighted by Gasteiger charge is 2.62. The molecule has 0 aromatic heterocycles. The molecule has 1 fully saturated rings. The molecule has 1 saturated carbocycles. The van der Waals surface area contributed by atoms with Crippen molar-refractivity contribution in [3.8, 4) is 11.8 Å². The third-order valence-electron chi connectivity index (χ3n) is 2.24. The van der Waals surface area contributed by atoms with Crippen molar-refractivity contribution in [2.24, 2.45) is 5.41 Å². The highest BCUT2D eigenvalue weighted by molar-refractivity contribution is 6.51. The van der Waals surface area contributed by atoms with Gasteiger partial charge in [0.2, 0.25) is 0 Å². The topological polar surface area (TPSA) is 20.2 Å². The van der Waals surface area contributed by atoms with E-state index < -0.39 is 9.93 Å². The Morgan fingerprint density at radius 1 is 1.46 bits per heavy atom. The van der Waals surface area contributed by atoms with Crippen LogP contribution < -0.4 is 0 Å². The second-order valence-corrected chi connectivity index (χ2v) is 5.96. The molecule has 3 heteroatoms. The number of alkyl halides is 2. The smallest absolute Gasteiger partial charge is 0.125 e. The quantitative estimate of drug-likeness (QED) is 0.533. The average Bonchev–Trinajstić information content (AvgIpc) is 2.27. The van der Waals surface area contributed by atoms with Crippen molar-refractivity contribution in [3.05, 3.63) is 0 Å². The minimum absolute atomic E-state index is 0.0889. The molecule has 0 saturated heterocycles. The van der Waals surface area contributed by atoms with Gasteiger partial charge in [-0.15, -0.1) is 23.2 Å². The molecule has 0 heterocycles. The van der Waals surface area contributed by atoms with E-state index in [1.807, 2.05) is 6.92 Å². The lowest BCUT2D eigenvalue weighted by molar-refractivity contribution is 0.143. The molecule has 13 heavy (non-hydrogen) atoms. The van der Waals surface area contributed by atoms with E-state index in [-0.39, 0.29) is 5.41 Å². The molecule has 0 aromatic carbocycles. The summed E-state index contributed by atoms with van der Waals surface area (Å²) in [6, 6.07) is 0. The molecule has 1 rings (SSSR count). The van der Waals surface area contributed by atoms with E-state index in [4.69, 9.17) is 23.2 Å². The van der Waals surface area contributed by atoms with E-state index in [0.29, 0.717) is 6.42 Å². The zero-order chi connectivity index (χ0) is 10.3. The van der Waals surface area contributed by atoms with Crippen molar-refractivity contribution in [1.82, 2.24) is 0 Å². The van der Waals surface area contributed by atoms with E-state index in [2.05, 4.69) is 11.8 Å². The second kappa shape index (κ2) is 3.05. The van der Waals surface area contributed by atoms with Crippen LogP contribution in [0.15, 0.2) is 0 Å². The summed E-state index contributed by atoms with van der Waals surface area (Å²) in [5.74, 6) is 5.66. The second-order valence-electron chi connectivity index (χ2n) is 4.48. The van der Waals surface area contributed by atoms with Gasteiger partial charge in [-0.25, -0.2) is 0 Å². The van der Waals surface area contributed by atoms with Gasteiger partial charge < -0.3 is 5.11 Å².